The van der Waals surface area contributed by atoms with Gasteiger partial charge in [0.05, 0.1) is 0 Å². The Labute approximate surface area is 209 Å². The first-order valence-electron chi connectivity index (χ1n) is 13.2. The van der Waals surface area contributed by atoms with E-state index < -0.39 is 5.97 Å². The van der Waals surface area contributed by atoms with Crippen molar-refractivity contribution < 1.29 is 9.90 Å². The third-order valence-corrected chi connectivity index (χ3v) is 7.77. The lowest BCUT2D eigenvalue weighted by molar-refractivity contribution is -0.131. The van der Waals surface area contributed by atoms with E-state index in [1.807, 2.05) is 24.3 Å². The number of aromatic amines is 1. The molecule has 2 aromatic heterocycles. The number of rotatable bonds is 7. The first-order chi connectivity index (χ1) is 17.5. The van der Waals surface area contributed by atoms with Crippen LogP contribution in [0.1, 0.15) is 69.8 Å². The molecule has 8 nitrogen and oxygen atoms in total. The highest BCUT2D eigenvalue weighted by Crippen LogP contribution is 2.27. The number of benzene rings is 1. The molecule has 2 heterocycles. The molecule has 2 aliphatic rings. The molecule has 2 fully saturated rings. The zero-order chi connectivity index (χ0) is 25.1. The van der Waals surface area contributed by atoms with Gasteiger partial charge in [0.2, 0.25) is 0 Å². The van der Waals surface area contributed by atoms with Crippen molar-refractivity contribution in [3.05, 3.63) is 56.7 Å². The number of hydrogen-bond acceptors (Lipinski definition) is 4. The van der Waals surface area contributed by atoms with Crippen LogP contribution in [0.5, 0.6) is 0 Å². The number of carboxylic acids is 1. The zero-order valence-corrected chi connectivity index (χ0v) is 20.6. The molecular formula is C28H34N4O4. The first kappa shape index (κ1) is 24.3. The van der Waals surface area contributed by atoms with Gasteiger partial charge in [-0.25, -0.2) is 14.6 Å². The molecule has 0 aliphatic heterocycles. The second-order valence-corrected chi connectivity index (χ2v) is 10.4. The maximum Gasteiger partial charge on any atom is 0.332 e. The third kappa shape index (κ3) is 5.22. The predicted octanol–water partition coefficient (Wildman–Crippen LogP) is 4.81. The minimum Gasteiger partial charge on any atom is -0.478 e. The monoisotopic (exact) mass is 490 g/mol. The molecule has 0 radical (unpaired) electrons. The Hall–Kier alpha value is -3.42. The van der Waals surface area contributed by atoms with Crippen molar-refractivity contribution in [2.24, 2.45) is 11.8 Å². The van der Waals surface area contributed by atoms with E-state index in [9.17, 15) is 14.4 Å². The summed E-state index contributed by atoms with van der Waals surface area (Å²) in [6.45, 7) is 1.04. The van der Waals surface area contributed by atoms with Crippen molar-refractivity contribution in [3.63, 3.8) is 0 Å². The fourth-order valence-corrected chi connectivity index (χ4v) is 5.84. The van der Waals surface area contributed by atoms with E-state index in [0.717, 1.165) is 50.2 Å². The van der Waals surface area contributed by atoms with Gasteiger partial charge in [0.1, 0.15) is 11.3 Å². The Balaban J connectivity index is 1.59. The van der Waals surface area contributed by atoms with Gasteiger partial charge in [0.25, 0.3) is 5.56 Å². The Bertz CT molecular complexity index is 1380. The van der Waals surface area contributed by atoms with E-state index in [-0.39, 0.29) is 11.2 Å². The number of hydrogen-bond donors (Lipinski definition) is 2. The van der Waals surface area contributed by atoms with Crippen LogP contribution in [0.15, 0.2) is 39.9 Å². The molecule has 0 spiro atoms. The molecule has 1 aromatic carbocycles. The van der Waals surface area contributed by atoms with Crippen LogP contribution >= 0.6 is 0 Å². The fraction of sp³-hybridized carbons (Fsp3) is 0.500. The van der Waals surface area contributed by atoms with Crippen molar-refractivity contribution in [2.75, 3.05) is 0 Å². The van der Waals surface area contributed by atoms with Crippen LogP contribution in [0.25, 0.3) is 28.6 Å². The zero-order valence-electron chi connectivity index (χ0n) is 20.6. The summed E-state index contributed by atoms with van der Waals surface area (Å²) in [5.41, 5.74) is 1.67. The molecule has 2 aliphatic carbocycles. The lowest BCUT2D eigenvalue weighted by atomic mass is 9.89. The van der Waals surface area contributed by atoms with Crippen LogP contribution in [0.3, 0.4) is 0 Å². The highest BCUT2D eigenvalue weighted by molar-refractivity contribution is 5.85. The molecule has 5 rings (SSSR count). The number of carboxylic acid groups (broad SMARTS) is 1. The van der Waals surface area contributed by atoms with Crippen molar-refractivity contribution in [3.8, 4) is 11.4 Å². The molecule has 0 unspecified atom stereocenters. The number of aliphatic carboxylic acids is 1. The third-order valence-electron chi connectivity index (χ3n) is 7.77. The average Bonchev–Trinajstić information content (AvgIpc) is 3.35. The molecule has 8 heteroatoms. The molecule has 3 aromatic rings. The molecule has 2 N–H and O–H groups in total. The Morgan fingerprint density at radius 3 is 2.25 bits per heavy atom. The van der Waals surface area contributed by atoms with Gasteiger partial charge in [0, 0.05) is 24.7 Å². The molecule has 36 heavy (non-hydrogen) atoms. The molecule has 0 amide bonds. The highest BCUT2D eigenvalue weighted by atomic mass is 16.4. The van der Waals surface area contributed by atoms with Crippen LogP contribution in [0, 0.1) is 11.8 Å². The van der Waals surface area contributed by atoms with Crippen LogP contribution in [0.2, 0.25) is 0 Å². The van der Waals surface area contributed by atoms with E-state index >= 15 is 0 Å². The molecular weight excluding hydrogens is 456 g/mol. The van der Waals surface area contributed by atoms with Crippen LogP contribution in [-0.2, 0) is 17.9 Å². The summed E-state index contributed by atoms with van der Waals surface area (Å²) < 4.78 is 3.17. The number of H-pyrrole nitrogens is 1. The molecule has 0 saturated heterocycles. The number of nitrogens with one attached hydrogen (secondary N) is 1. The van der Waals surface area contributed by atoms with Crippen molar-refractivity contribution >= 4 is 23.2 Å². The van der Waals surface area contributed by atoms with Gasteiger partial charge in [-0.15, -0.1) is 0 Å². The van der Waals surface area contributed by atoms with E-state index in [0.29, 0.717) is 47.5 Å². The second kappa shape index (κ2) is 10.7. The second-order valence-electron chi connectivity index (χ2n) is 10.4. The number of fused-ring (bicyclic) bond motifs is 1. The van der Waals surface area contributed by atoms with Gasteiger partial charge >= 0.3 is 11.7 Å². The normalized spacial score (nSPS) is 17.8. The standard InChI is InChI=1S/C28H34N4O4/c33-23(34)15-14-19-12-7-13-22(16-19)25-29-24-26(30-25)31(17-20-8-3-1-4-9-20)28(36)32(27(24)35)18-21-10-5-2-6-11-21/h7,12-16,20-21H,1-6,8-11,17-18H2,(H,29,30)(H,33,34)/b15-14+. The summed E-state index contributed by atoms with van der Waals surface area (Å²) >= 11 is 0. The number of aromatic nitrogens is 4. The van der Waals surface area contributed by atoms with Gasteiger partial charge in [-0.2, -0.15) is 0 Å². The molecule has 0 atom stereocenters. The summed E-state index contributed by atoms with van der Waals surface area (Å²) in [4.78, 5) is 46.1. The largest absolute Gasteiger partial charge is 0.478 e. The van der Waals surface area contributed by atoms with Crippen molar-refractivity contribution in [1.29, 1.82) is 0 Å². The quantitative estimate of drug-likeness (QED) is 0.462. The number of nitrogens with zero attached hydrogens (tertiary/aromatic N) is 3. The molecule has 0 bridgehead atoms. The van der Waals surface area contributed by atoms with Crippen molar-refractivity contribution in [2.45, 2.75) is 77.3 Å². The Morgan fingerprint density at radius 1 is 0.972 bits per heavy atom. The number of carbonyl (C=O) groups is 1. The van der Waals surface area contributed by atoms with E-state index in [1.165, 1.54) is 36.3 Å². The average molecular weight is 491 g/mol. The smallest absolute Gasteiger partial charge is 0.332 e. The predicted molar refractivity (Wildman–Crippen MR) is 140 cm³/mol. The Kier molecular flexibility index (Phi) is 7.20. The van der Waals surface area contributed by atoms with Gasteiger partial charge in [-0.1, -0.05) is 56.7 Å². The summed E-state index contributed by atoms with van der Waals surface area (Å²) in [5, 5.41) is 8.95. The van der Waals surface area contributed by atoms with Gasteiger partial charge in [-0.3, -0.25) is 13.9 Å². The summed E-state index contributed by atoms with van der Waals surface area (Å²) in [6.07, 6.45) is 14.0. The number of imidazole rings is 1. The lowest BCUT2D eigenvalue weighted by Crippen LogP contribution is -2.42. The summed E-state index contributed by atoms with van der Waals surface area (Å²) in [6, 6.07) is 7.31. The van der Waals surface area contributed by atoms with E-state index in [1.54, 1.807) is 4.57 Å². The minimum absolute atomic E-state index is 0.250. The van der Waals surface area contributed by atoms with Crippen LogP contribution < -0.4 is 11.2 Å². The SMILES string of the molecule is O=C(O)/C=C/c1cccc(-c2nc3c([nH]2)c(=O)n(CC2CCCCC2)c(=O)n3CC2CCCCC2)c1. The first-order valence-corrected chi connectivity index (χ1v) is 13.2. The van der Waals surface area contributed by atoms with Gasteiger partial charge in [0.15, 0.2) is 5.65 Å². The Morgan fingerprint density at radius 2 is 1.61 bits per heavy atom. The summed E-state index contributed by atoms with van der Waals surface area (Å²) in [5.74, 6) is 0.240. The van der Waals surface area contributed by atoms with E-state index in [4.69, 9.17) is 10.1 Å². The van der Waals surface area contributed by atoms with Crippen molar-refractivity contribution in [1.82, 2.24) is 19.1 Å². The maximum atomic E-state index is 13.7. The fourth-order valence-electron chi connectivity index (χ4n) is 5.84. The maximum absolute atomic E-state index is 13.7. The van der Waals surface area contributed by atoms with Crippen LogP contribution in [-0.4, -0.2) is 30.2 Å². The minimum atomic E-state index is -1.02. The molecule has 2 saturated carbocycles. The summed E-state index contributed by atoms with van der Waals surface area (Å²) in [7, 11) is 0. The highest BCUT2D eigenvalue weighted by Gasteiger charge is 2.24. The topological polar surface area (TPSA) is 110 Å². The molecule has 190 valence electrons. The van der Waals surface area contributed by atoms with Gasteiger partial charge < -0.3 is 10.1 Å². The van der Waals surface area contributed by atoms with Gasteiger partial charge in [-0.05, 0) is 55.2 Å². The van der Waals surface area contributed by atoms with E-state index in [2.05, 4.69) is 4.98 Å². The lowest BCUT2D eigenvalue weighted by Gasteiger charge is -2.24. The van der Waals surface area contributed by atoms with Crippen LogP contribution in [0.4, 0.5) is 0 Å².